The Balaban J connectivity index is 1.74. The average molecular weight is 400 g/mol. The Kier molecular flexibility index (Phi) is 5.16. The standard InChI is InChI=1S/C21H18ClNO3S/c22-16-6-2-3-7-17(16)23(10-11-24)21(25)19-13-14-9-12-26-18-8-4-1-5-15(18)20(14)27-19/h1-8,13,24H,9-12H2. The van der Waals surface area contributed by atoms with E-state index in [1.54, 1.807) is 12.1 Å². The van der Waals surface area contributed by atoms with Crippen molar-refractivity contribution in [2.75, 3.05) is 24.7 Å². The van der Waals surface area contributed by atoms with Crippen molar-refractivity contribution < 1.29 is 14.6 Å². The van der Waals surface area contributed by atoms with Crippen LogP contribution >= 0.6 is 22.9 Å². The van der Waals surface area contributed by atoms with Crippen LogP contribution in [0.5, 0.6) is 5.75 Å². The zero-order valence-corrected chi connectivity index (χ0v) is 16.1. The minimum absolute atomic E-state index is 0.140. The Morgan fingerprint density at radius 2 is 1.96 bits per heavy atom. The highest BCUT2D eigenvalue weighted by molar-refractivity contribution is 7.17. The van der Waals surface area contributed by atoms with Crippen LogP contribution in [0.1, 0.15) is 15.2 Å². The van der Waals surface area contributed by atoms with E-state index >= 15 is 0 Å². The Hall–Kier alpha value is -2.34. The highest BCUT2D eigenvalue weighted by Gasteiger charge is 2.25. The molecule has 1 aliphatic rings. The molecular formula is C21H18ClNO3S. The summed E-state index contributed by atoms with van der Waals surface area (Å²) in [5.41, 5.74) is 2.72. The summed E-state index contributed by atoms with van der Waals surface area (Å²) in [5, 5.41) is 9.95. The highest BCUT2D eigenvalue weighted by Crippen LogP contribution is 2.41. The summed E-state index contributed by atoms with van der Waals surface area (Å²) in [4.78, 5) is 16.5. The summed E-state index contributed by atoms with van der Waals surface area (Å²) in [6, 6.07) is 17.0. The average Bonchev–Trinajstić information content (AvgIpc) is 3.03. The van der Waals surface area contributed by atoms with Gasteiger partial charge in [-0.25, -0.2) is 0 Å². The third kappa shape index (κ3) is 3.46. The lowest BCUT2D eigenvalue weighted by Gasteiger charge is -2.22. The smallest absolute Gasteiger partial charge is 0.268 e. The van der Waals surface area contributed by atoms with Gasteiger partial charge >= 0.3 is 0 Å². The summed E-state index contributed by atoms with van der Waals surface area (Å²) >= 11 is 7.75. The van der Waals surface area contributed by atoms with Crippen LogP contribution in [-0.4, -0.2) is 30.8 Å². The number of nitrogens with zero attached hydrogens (tertiary/aromatic N) is 1. The van der Waals surface area contributed by atoms with Crippen LogP contribution in [0.3, 0.4) is 0 Å². The molecule has 0 saturated carbocycles. The Morgan fingerprint density at radius 3 is 2.78 bits per heavy atom. The van der Waals surface area contributed by atoms with Gasteiger partial charge in [-0.1, -0.05) is 35.9 Å². The van der Waals surface area contributed by atoms with E-state index in [-0.39, 0.29) is 19.1 Å². The summed E-state index contributed by atoms with van der Waals surface area (Å²) in [7, 11) is 0. The van der Waals surface area contributed by atoms with Gasteiger partial charge in [0.05, 0.1) is 28.8 Å². The van der Waals surface area contributed by atoms with Gasteiger partial charge in [0.25, 0.3) is 5.91 Å². The van der Waals surface area contributed by atoms with E-state index in [1.807, 2.05) is 42.5 Å². The zero-order chi connectivity index (χ0) is 18.8. The molecule has 0 radical (unpaired) electrons. The van der Waals surface area contributed by atoms with E-state index in [1.165, 1.54) is 16.2 Å². The van der Waals surface area contributed by atoms with Crippen molar-refractivity contribution in [1.29, 1.82) is 0 Å². The summed E-state index contributed by atoms with van der Waals surface area (Å²) in [6.45, 7) is 0.628. The van der Waals surface area contributed by atoms with E-state index in [0.29, 0.717) is 22.2 Å². The number of aliphatic hydroxyl groups excluding tert-OH is 1. The van der Waals surface area contributed by atoms with Crippen LogP contribution in [0.15, 0.2) is 54.6 Å². The maximum atomic E-state index is 13.2. The van der Waals surface area contributed by atoms with Crippen molar-refractivity contribution in [2.24, 2.45) is 0 Å². The number of benzene rings is 2. The number of carbonyl (C=O) groups excluding carboxylic acids is 1. The van der Waals surface area contributed by atoms with Gasteiger partial charge in [0.2, 0.25) is 0 Å². The molecule has 4 rings (SSSR count). The van der Waals surface area contributed by atoms with Crippen LogP contribution in [0, 0.1) is 0 Å². The van der Waals surface area contributed by atoms with E-state index in [9.17, 15) is 9.90 Å². The lowest BCUT2D eigenvalue weighted by atomic mass is 10.1. The van der Waals surface area contributed by atoms with Crippen LogP contribution in [0.2, 0.25) is 5.02 Å². The van der Waals surface area contributed by atoms with E-state index < -0.39 is 0 Å². The molecule has 4 nitrogen and oxygen atoms in total. The molecule has 0 bridgehead atoms. The van der Waals surface area contributed by atoms with Crippen LogP contribution in [0.25, 0.3) is 10.4 Å². The molecule has 2 heterocycles. The third-order valence-corrected chi connectivity index (χ3v) is 6.01. The molecule has 1 amide bonds. The number of halogens is 1. The van der Waals surface area contributed by atoms with Gasteiger partial charge in [-0.15, -0.1) is 11.3 Å². The van der Waals surface area contributed by atoms with Crippen LogP contribution in [-0.2, 0) is 6.42 Å². The second-order valence-electron chi connectivity index (χ2n) is 6.19. The van der Waals surface area contributed by atoms with E-state index in [4.69, 9.17) is 16.3 Å². The molecule has 0 saturated heterocycles. The molecule has 0 atom stereocenters. The van der Waals surface area contributed by atoms with Crippen LogP contribution < -0.4 is 9.64 Å². The largest absolute Gasteiger partial charge is 0.493 e. The van der Waals surface area contributed by atoms with Crippen molar-refractivity contribution in [3.05, 3.63) is 70.1 Å². The van der Waals surface area contributed by atoms with Crippen molar-refractivity contribution >= 4 is 34.5 Å². The molecule has 1 N–H and O–H groups in total. The van der Waals surface area contributed by atoms with Gasteiger partial charge in [0.1, 0.15) is 5.75 Å². The molecule has 138 valence electrons. The summed E-state index contributed by atoms with van der Waals surface area (Å²) in [6.07, 6.45) is 0.750. The van der Waals surface area contributed by atoms with Gasteiger partial charge in [-0.3, -0.25) is 4.79 Å². The number of carbonyl (C=O) groups is 1. The Labute approximate surface area is 166 Å². The fraction of sp³-hybridized carbons (Fsp3) is 0.190. The predicted octanol–water partition coefficient (Wildman–Crippen LogP) is 4.64. The minimum Gasteiger partial charge on any atom is -0.493 e. The molecule has 2 aromatic carbocycles. The summed E-state index contributed by atoms with van der Waals surface area (Å²) in [5.74, 6) is 0.684. The number of anilines is 1. The maximum Gasteiger partial charge on any atom is 0.268 e. The molecule has 27 heavy (non-hydrogen) atoms. The number of para-hydroxylation sites is 2. The molecule has 0 spiro atoms. The van der Waals surface area contributed by atoms with Gasteiger partial charge in [0.15, 0.2) is 0 Å². The van der Waals surface area contributed by atoms with Crippen LogP contribution in [0.4, 0.5) is 5.69 Å². The number of ether oxygens (including phenoxy) is 1. The minimum atomic E-state index is -0.159. The zero-order valence-electron chi connectivity index (χ0n) is 14.5. The second-order valence-corrected chi connectivity index (χ2v) is 7.65. The van der Waals surface area contributed by atoms with E-state index in [0.717, 1.165) is 28.2 Å². The molecule has 0 fully saturated rings. The fourth-order valence-electron chi connectivity index (χ4n) is 3.23. The number of hydrogen-bond donors (Lipinski definition) is 1. The van der Waals surface area contributed by atoms with Crippen molar-refractivity contribution in [1.82, 2.24) is 0 Å². The molecule has 6 heteroatoms. The molecule has 0 unspecified atom stereocenters. The first-order chi connectivity index (χ1) is 13.2. The number of aliphatic hydroxyl groups is 1. The quantitative estimate of drug-likeness (QED) is 0.695. The third-order valence-electron chi connectivity index (χ3n) is 4.49. The monoisotopic (exact) mass is 399 g/mol. The first-order valence-corrected chi connectivity index (χ1v) is 9.90. The predicted molar refractivity (Wildman–Crippen MR) is 109 cm³/mol. The molecule has 0 aliphatic carbocycles. The Morgan fingerprint density at radius 1 is 1.19 bits per heavy atom. The van der Waals surface area contributed by atoms with Gasteiger partial charge in [-0.2, -0.15) is 0 Å². The lowest BCUT2D eigenvalue weighted by Crippen LogP contribution is -2.33. The first-order valence-electron chi connectivity index (χ1n) is 8.71. The molecular weight excluding hydrogens is 382 g/mol. The van der Waals surface area contributed by atoms with Crippen molar-refractivity contribution in [3.63, 3.8) is 0 Å². The Bertz CT molecular complexity index is 985. The lowest BCUT2D eigenvalue weighted by molar-refractivity contribution is 0.0985. The van der Waals surface area contributed by atoms with Crippen molar-refractivity contribution in [2.45, 2.75) is 6.42 Å². The van der Waals surface area contributed by atoms with E-state index in [2.05, 4.69) is 0 Å². The number of fused-ring (bicyclic) bond motifs is 3. The fourth-order valence-corrected chi connectivity index (χ4v) is 4.66. The van der Waals surface area contributed by atoms with Gasteiger partial charge < -0.3 is 14.7 Å². The van der Waals surface area contributed by atoms with Gasteiger partial charge in [0, 0.05) is 23.4 Å². The first kappa shape index (κ1) is 18.0. The topological polar surface area (TPSA) is 49.8 Å². The normalized spacial score (nSPS) is 12.5. The molecule has 1 aliphatic heterocycles. The number of hydrogen-bond acceptors (Lipinski definition) is 4. The summed E-state index contributed by atoms with van der Waals surface area (Å²) < 4.78 is 5.82. The molecule has 3 aromatic rings. The second kappa shape index (κ2) is 7.72. The maximum absolute atomic E-state index is 13.2. The number of amides is 1. The number of thiophene rings is 1. The molecule has 1 aromatic heterocycles. The van der Waals surface area contributed by atoms with Crippen molar-refractivity contribution in [3.8, 4) is 16.2 Å². The van der Waals surface area contributed by atoms with Gasteiger partial charge in [-0.05, 0) is 35.9 Å². The highest BCUT2D eigenvalue weighted by atomic mass is 35.5. The SMILES string of the molecule is O=C(c1cc2c(s1)-c1ccccc1OCC2)N(CCO)c1ccccc1Cl. The number of rotatable bonds is 4.